The third kappa shape index (κ3) is 3.18. The molecular formula is C12H19N7O2. The van der Waals surface area contributed by atoms with Crippen LogP contribution in [0.3, 0.4) is 0 Å². The molecule has 114 valence electrons. The zero-order valence-electron chi connectivity index (χ0n) is 11.8. The maximum absolute atomic E-state index is 12.3. The Morgan fingerprint density at radius 3 is 2.57 bits per heavy atom. The van der Waals surface area contributed by atoms with E-state index in [4.69, 9.17) is 0 Å². The molecule has 3 heterocycles. The van der Waals surface area contributed by atoms with E-state index in [1.165, 1.54) is 11.0 Å². The lowest BCUT2D eigenvalue weighted by atomic mass is 10.2. The molecule has 0 spiro atoms. The fourth-order valence-corrected chi connectivity index (χ4v) is 2.78. The maximum atomic E-state index is 12.3. The lowest BCUT2D eigenvalue weighted by Gasteiger charge is -2.35. The smallest absolute Gasteiger partial charge is 0.244 e. The molecule has 2 aliphatic heterocycles. The molecule has 1 N–H and O–H groups in total. The van der Waals surface area contributed by atoms with Crippen LogP contribution in [-0.4, -0.2) is 80.6 Å². The SMILES string of the molecule is O=C(Cn1cnnn1)N1CCN(C(=O)C2CCCN2)CC1. The number of carbonyl (C=O) groups is 2. The highest BCUT2D eigenvalue weighted by molar-refractivity contribution is 5.82. The van der Waals surface area contributed by atoms with Gasteiger partial charge in [0.1, 0.15) is 12.9 Å². The van der Waals surface area contributed by atoms with E-state index in [1.807, 2.05) is 4.90 Å². The van der Waals surface area contributed by atoms with Gasteiger partial charge in [0.05, 0.1) is 6.04 Å². The first kappa shape index (κ1) is 13.9. The maximum Gasteiger partial charge on any atom is 0.244 e. The highest BCUT2D eigenvalue weighted by atomic mass is 16.2. The van der Waals surface area contributed by atoms with E-state index in [9.17, 15) is 9.59 Å². The van der Waals surface area contributed by atoms with Gasteiger partial charge >= 0.3 is 0 Å². The lowest BCUT2D eigenvalue weighted by Crippen LogP contribution is -2.54. The topological polar surface area (TPSA) is 96.2 Å². The summed E-state index contributed by atoms with van der Waals surface area (Å²) in [6.07, 6.45) is 3.39. The minimum Gasteiger partial charge on any atom is -0.338 e. The molecule has 2 fully saturated rings. The van der Waals surface area contributed by atoms with Gasteiger partial charge in [0.2, 0.25) is 11.8 Å². The quantitative estimate of drug-likeness (QED) is 0.699. The van der Waals surface area contributed by atoms with Gasteiger partial charge in [-0.25, -0.2) is 4.68 Å². The summed E-state index contributed by atoms with van der Waals surface area (Å²) in [5.41, 5.74) is 0. The molecule has 1 atom stereocenters. The molecule has 1 unspecified atom stereocenters. The predicted octanol–water partition coefficient (Wildman–Crippen LogP) is -1.90. The number of carbonyl (C=O) groups excluding carboxylic acids is 2. The number of nitrogens with zero attached hydrogens (tertiary/aromatic N) is 6. The molecule has 9 nitrogen and oxygen atoms in total. The molecule has 21 heavy (non-hydrogen) atoms. The average Bonchev–Trinajstić information content (AvgIpc) is 3.20. The molecule has 0 radical (unpaired) electrons. The Kier molecular flexibility index (Phi) is 4.09. The monoisotopic (exact) mass is 293 g/mol. The second-order valence-electron chi connectivity index (χ2n) is 5.36. The summed E-state index contributed by atoms with van der Waals surface area (Å²) >= 11 is 0. The van der Waals surface area contributed by atoms with Crippen LogP contribution in [0.1, 0.15) is 12.8 Å². The zero-order chi connectivity index (χ0) is 14.7. The van der Waals surface area contributed by atoms with Crippen molar-refractivity contribution in [3.8, 4) is 0 Å². The molecule has 0 aliphatic carbocycles. The third-order valence-corrected chi connectivity index (χ3v) is 3.99. The van der Waals surface area contributed by atoms with Crippen molar-refractivity contribution in [2.75, 3.05) is 32.7 Å². The zero-order valence-corrected chi connectivity index (χ0v) is 11.8. The van der Waals surface area contributed by atoms with Gasteiger partial charge in [-0.15, -0.1) is 5.10 Å². The summed E-state index contributed by atoms with van der Waals surface area (Å²) in [5.74, 6) is 0.147. The van der Waals surface area contributed by atoms with Crippen LogP contribution in [0.25, 0.3) is 0 Å². The second kappa shape index (κ2) is 6.17. The number of tetrazole rings is 1. The van der Waals surface area contributed by atoms with E-state index in [2.05, 4.69) is 20.8 Å². The van der Waals surface area contributed by atoms with Crippen LogP contribution >= 0.6 is 0 Å². The van der Waals surface area contributed by atoms with E-state index in [-0.39, 0.29) is 24.4 Å². The summed E-state index contributed by atoms with van der Waals surface area (Å²) in [6.45, 7) is 3.39. The number of rotatable bonds is 3. The van der Waals surface area contributed by atoms with Gasteiger partial charge in [-0.2, -0.15) is 0 Å². The van der Waals surface area contributed by atoms with Crippen LogP contribution < -0.4 is 5.32 Å². The van der Waals surface area contributed by atoms with Crippen molar-refractivity contribution in [3.63, 3.8) is 0 Å². The summed E-state index contributed by atoms with van der Waals surface area (Å²) < 4.78 is 1.41. The van der Waals surface area contributed by atoms with Crippen molar-refractivity contribution < 1.29 is 9.59 Å². The van der Waals surface area contributed by atoms with Gasteiger partial charge in [-0.1, -0.05) is 0 Å². The van der Waals surface area contributed by atoms with E-state index in [1.54, 1.807) is 4.90 Å². The van der Waals surface area contributed by atoms with Crippen LogP contribution in [0.5, 0.6) is 0 Å². The first-order chi connectivity index (χ1) is 10.2. The molecule has 9 heteroatoms. The fourth-order valence-electron chi connectivity index (χ4n) is 2.78. The lowest BCUT2D eigenvalue weighted by molar-refractivity contribution is -0.141. The number of nitrogens with one attached hydrogen (secondary N) is 1. The Labute approximate surface area is 122 Å². The molecule has 1 aromatic rings. The molecule has 2 aliphatic rings. The highest BCUT2D eigenvalue weighted by Crippen LogP contribution is 2.11. The molecule has 2 amide bonds. The van der Waals surface area contributed by atoms with E-state index in [0.717, 1.165) is 19.4 Å². The summed E-state index contributed by atoms with van der Waals surface area (Å²) in [7, 11) is 0. The van der Waals surface area contributed by atoms with Crippen molar-refractivity contribution >= 4 is 11.8 Å². The summed E-state index contributed by atoms with van der Waals surface area (Å²) in [6, 6.07) is -0.0338. The molecule has 0 aromatic carbocycles. The number of hydrogen-bond donors (Lipinski definition) is 1. The van der Waals surface area contributed by atoms with Crippen LogP contribution in [0, 0.1) is 0 Å². The first-order valence-electron chi connectivity index (χ1n) is 7.25. The summed E-state index contributed by atoms with van der Waals surface area (Å²) in [4.78, 5) is 28.0. The fraction of sp³-hybridized carbons (Fsp3) is 0.750. The van der Waals surface area contributed by atoms with Gasteiger partial charge < -0.3 is 15.1 Å². The minimum atomic E-state index is -0.0338. The highest BCUT2D eigenvalue weighted by Gasteiger charge is 2.30. The van der Waals surface area contributed by atoms with Gasteiger partial charge in [-0.05, 0) is 29.8 Å². The van der Waals surface area contributed by atoms with Crippen molar-refractivity contribution in [3.05, 3.63) is 6.33 Å². The van der Waals surface area contributed by atoms with Gasteiger partial charge in [0.25, 0.3) is 0 Å². The number of piperazine rings is 1. The standard InChI is InChI=1S/C12H19N7O2/c20-11(8-19-9-14-15-16-19)17-4-6-18(7-5-17)12(21)10-2-1-3-13-10/h9-10,13H,1-8H2. The minimum absolute atomic E-state index is 0.0200. The van der Waals surface area contributed by atoms with Crippen molar-refractivity contribution in [2.24, 2.45) is 0 Å². The Morgan fingerprint density at radius 2 is 1.95 bits per heavy atom. The van der Waals surface area contributed by atoms with E-state index >= 15 is 0 Å². The van der Waals surface area contributed by atoms with Gasteiger partial charge in [0.15, 0.2) is 0 Å². The second-order valence-corrected chi connectivity index (χ2v) is 5.36. The Hall–Kier alpha value is -2.03. The molecule has 0 saturated carbocycles. The number of aromatic nitrogens is 4. The van der Waals surface area contributed by atoms with Crippen LogP contribution in [0.4, 0.5) is 0 Å². The Balaban J connectivity index is 1.48. The first-order valence-corrected chi connectivity index (χ1v) is 7.25. The van der Waals surface area contributed by atoms with E-state index in [0.29, 0.717) is 26.2 Å². The predicted molar refractivity (Wildman–Crippen MR) is 72.0 cm³/mol. The largest absolute Gasteiger partial charge is 0.338 e. The Morgan fingerprint density at radius 1 is 1.19 bits per heavy atom. The number of amides is 2. The summed E-state index contributed by atoms with van der Waals surface area (Å²) in [5, 5.41) is 13.9. The molecule has 3 rings (SSSR count). The van der Waals surface area contributed by atoms with Crippen molar-refractivity contribution in [2.45, 2.75) is 25.4 Å². The van der Waals surface area contributed by atoms with Crippen molar-refractivity contribution in [1.29, 1.82) is 0 Å². The van der Waals surface area contributed by atoms with Crippen molar-refractivity contribution in [1.82, 2.24) is 35.3 Å². The average molecular weight is 293 g/mol. The normalized spacial score (nSPS) is 22.6. The van der Waals surface area contributed by atoms with E-state index < -0.39 is 0 Å². The van der Waals surface area contributed by atoms with Gasteiger partial charge in [-0.3, -0.25) is 9.59 Å². The van der Waals surface area contributed by atoms with Crippen LogP contribution in [0.2, 0.25) is 0 Å². The molecule has 1 aromatic heterocycles. The molecule has 0 bridgehead atoms. The Bertz CT molecular complexity index is 490. The number of hydrogen-bond acceptors (Lipinski definition) is 6. The van der Waals surface area contributed by atoms with Crippen LogP contribution in [-0.2, 0) is 16.1 Å². The molecule has 2 saturated heterocycles. The third-order valence-electron chi connectivity index (χ3n) is 3.99. The van der Waals surface area contributed by atoms with Crippen LogP contribution in [0.15, 0.2) is 6.33 Å². The molecular weight excluding hydrogens is 274 g/mol. The van der Waals surface area contributed by atoms with Gasteiger partial charge in [0, 0.05) is 26.2 Å².